The molecule has 7 nitrogen and oxygen atoms in total. The van der Waals surface area contributed by atoms with Crippen molar-refractivity contribution in [3.8, 4) is 5.75 Å². The molecule has 24 heavy (non-hydrogen) atoms. The Balaban J connectivity index is 0.000000177. The van der Waals surface area contributed by atoms with E-state index >= 15 is 0 Å². The van der Waals surface area contributed by atoms with Gasteiger partial charge in [0.25, 0.3) is 5.91 Å². The highest BCUT2D eigenvalue weighted by Crippen LogP contribution is 2.39. The highest BCUT2D eigenvalue weighted by molar-refractivity contribution is 8.00. The van der Waals surface area contributed by atoms with Crippen LogP contribution in [0.1, 0.15) is 13.3 Å². The smallest absolute Gasteiger partial charge is 0.352 e. The lowest BCUT2D eigenvalue weighted by Gasteiger charge is -2.43. The molecule has 128 valence electrons. The summed E-state index contributed by atoms with van der Waals surface area (Å²) in [6.07, 6.45) is 0.481. The van der Waals surface area contributed by atoms with Crippen molar-refractivity contribution in [1.29, 1.82) is 0 Å². The molecule has 0 aromatic heterocycles. The van der Waals surface area contributed by atoms with E-state index in [4.69, 9.17) is 15.6 Å². The van der Waals surface area contributed by atoms with Crippen LogP contribution in [0.3, 0.4) is 0 Å². The van der Waals surface area contributed by atoms with Gasteiger partial charge >= 0.3 is 5.97 Å². The number of para-hydroxylation sites is 1. The zero-order valence-corrected chi connectivity index (χ0v) is 13.9. The molecule has 0 spiro atoms. The molecule has 8 heteroatoms. The number of thioether (sulfide) groups is 1. The summed E-state index contributed by atoms with van der Waals surface area (Å²) >= 11 is 1.63. The SMILES string of the molecule is CC1=C(C(=O)O)N2C(=O)C[C@@H]2SC1.NC(=O)COc1ccccc1. The highest BCUT2D eigenvalue weighted by Gasteiger charge is 2.44. The van der Waals surface area contributed by atoms with Crippen LogP contribution in [0, 0.1) is 0 Å². The summed E-state index contributed by atoms with van der Waals surface area (Å²) in [7, 11) is 0. The van der Waals surface area contributed by atoms with Crippen molar-refractivity contribution in [2.24, 2.45) is 5.73 Å². The molecule has 1 saturated heterocycles. The van der Waals surface area contributed by atoms with E-state index in [1.54, 1.807) is 30.8 Å². The quantitative estimate of drug-likeness (QED) is 0.790. The first-order chi connectivity index (χ1) is 11.4. The van der Waals surface area contributed by atoms with Gasteiger partial charge < -0.3 is 15.6 Å². The van der Waals surface area contributed by atoms with Gasteiger partial charge in [0.2, 0.25) is 5.91 Å². The third kappa shape index (κ3) is 4.29. The number of carboxylic acid groups (broad SMARTS) is 1. The topological polar surface area (TPSA) is 110 Å². The molecule has 1 fully saturated rings. The lowest BCUT2D eigenvalue weighted by atomic mass is 10.1. The molecule has 2 amide bonds. The molecular weight excluding hydrogens is 332 g/mol. The van der Waals surface area contributed by atoms with Crippen molar-refractivity contribution in [2.45, 2.75) is 18.7 Å². The number of hydrogen-bond acceptors (Lipinski definition) is 5. The number of carbonyl (C=O) groups is 3. The maximum absolute atomic E-state index is 11.1. The predicted molar refractivity (Wildman–Crippen MR) is 89.2 cm³/mol. The van der Waals surface area contributed by atoms with Gasteiger partial charge in [0.05, 0.1) is 11.8 Å². The number of primary amides is 1. The number of aliphatic carboxylic acids is 1. The summed E-state index contributed by atoms with van der Waals surface area (Å²) in [5, 5.41) is 8.96. The van der Waals surface area contributed by atoms with E-state index in [0.717, 1.165) is 11.3 Å². The first-order valence-corrected chi connectivity index (χ1v) is 8.28. The summed E-state index contributed by atoms with van der Waals surface area (Å²) in [4.78, 5) is 33.6. The van der Waals surface area contributed by atoms with Gasteiger partial charge in [-0.05, 0) is 24.6 Å². The van der Waals surface area contributed by atoms with E-state index < -0.39 is 11.9 Å². The first-order valence-electron chi connectivity index (χ1n) is 7.23. The number of benzene rings is 1. The molecule has 1 aromatic rings. The monoisotopic (exact) mass is 350 g/mol. The number of fused-ring (bicyclic) bond motifs is 1. The van der Waals surface area contributed by atoms with Gasteiger partial charge in [0.1, 0.15) is 11.4 Å². The number of amides is 2. The van der Waals surface area contributed by atoms with Gasteiger partial charge in [-0.25, -0.2) is 4.79 Å². The molecule has 2 heterocycles. The van der Waals surface area contributed by atoms with Gasteiger partial charge in [-0.3, -0.25) is 14.5 Å². The average Bonchev–Trinajstić information content (AvgIpc) is 2.54. The average molecular weight is 350 g/mol. The van der Waals surface area contributed by atoms with Gasteiger partial charge in [-0.15, -0.1) is 11.8 Å². The number of β-lactam (4-membered cyclic amide) rings is 1. The number of nitrogens with zero attached hydrogens (tertiary/aromatic N) is 1. The molecule has 3 N–H and O–H groups in total. The summed E-state index contributed by atoms with van der Waals surface area (Å²) in [5.74, 6) is -0.152. The molecule has 0 bridgehead atoms. The van der Waals surface area contributed by atoms with Crippen LogP contribution in [0.4, 0.5) is 0 Å². The zero-order valence-electron chi connectivity index (χ0n) is 13.1. The van der Waals surface area contributed by atoms with E-state index in [1.165, 1.54) is 4.90 Å². The third-order valence-electron chi connectivity index (χ3n) is 3.37. The van der Waals surface area contributed by atoms with E-state index in [1.807, 2.05) is 18.2 Å². The summed E-state index contributed by atoms with van der Waals surface area (Å²) in [5.41, 5.74) is 5.85. The molecule has 0 saturated carbocycles. The lowest BCUT2D eigenvalue weighted by Crippen LogP contribution is -2.53. The van der Waals surface area contributed by atoms with E-state index in [2.05, 4.69) is 0 Å². The molecule has 1 aromatic carbocycles. The van der Waals surface area contributed by atoms with Crippen LogP contribution in [0.5, 0.6) is 5.75 Å². The molecule has 2 aliphatic rings. The molecule has 0 unspecified atom stereocenters. The van der Waals surface area contributed by atoms with Gasteiger partial charge in [-0.2, -0.15) is 0 Å². The van der Waals surface area contributed by atoms with Gasteiger partial charge in [-0.1, -0.05) is 18.2 Å². The minimum Gasteiger partial charge on any atom is -0.484 e. The Kier molecular flexibility index (Phi) is 5.86. The van der Waals surface area contributed by atoms with E-state index in [9.17, 15) is 14.4 Å². The normalized spacial score (nSPS) is 18.8. The summed E-state index contributed by atoms with van der Waals surface area (Å²) in [6, 6.07) is 9.07. The van der Waals surface area contributed by atoms with Crippen LogP contribution in [0.15, 0.2) is 41.6 Å². The van der Waals surface area contributed by atoms with Crippen molar-refractivity contribution >= 4 is 29.5 Å². The Morgan fingerprint density at radius 1 is 1.38 bits per heavy atom. The van der Waals surface area contributed by atoms with Crippen LogP contribution in [-0.4, -0.2) is 45.5 Å². The fourth-order valence-electron chi connectivity index (χ4n) is 2.24. The number of rotatable bonds is 4. The molecule has 0 radical (unpaired) electrons. The Morgan fingerprint density at radius 3 is 2.54 bits per heavy atom. The minimum absolute atomic E-state index is 0.0655. The number of carboxylic acids is 1. The van der Waals surface area contributed by atoms with Crippen LogP contribution >= 0.6 is 11.8 Å². The number of hydrogen-bond donors (Lipinski definition) is 2. The van der Waals surface area contributed by atoms with E-state index in [-0.39, 0.29) is 23.6 Å². The lowest BCUT2D eigenvalue weighted by molar-refractivity contribution is -0.146. The third-order valence-corrected chi connectivity index (χ3v) is 4.73. The summed E-state index contributed by atoms with van der Waals surface area (Å²) < 4.78 is 4.99. The Bertz CT molecular complexity index is 674. The highest BCUT2D eigenvalue weighted by atomic mass is 32.2. The largest absolute Gasteiger partial charge is 0.484 e. The van der Waals surface area contributed by atoms with Crippen molar-refractivity contribution < 1.29 is 24.2 Å². The molecular formula is C16H18N2O5S. The van der Waals surface area contributed by atoms with Gasteiger partial charge in [0, 0.05) is 5.75 Å². The predicted octanol–water partition coefficient (Wildman–Crippen LogP) is 1.20. The van der Waals surface area contributed by atoms with Crippen LogP contribution in [0.2, 0.25) is 0 Å². The fourth-order valence-corrected chi connectivity index (χ4v) is 3.45. The number of nitrogens with two attached hydrogens (primary N) is 1. The second kappa shape index (κ2) is 7.87. The van der Waals surface area contributed by atoms with E-state index in [0.29, 0.717) is 12.2 Å². The minimum atomic E-state index is -0.990. The summed E-state index contributed by atoms with van der Waals surface area (Å²) in [6.45, 7) is 1.70. The molecule has 2 aliphatic heterocycles. The second-order valence-electron chi connectivity index (χ2n) is 5.24. The second-order valence-corrected chi connectivity index (χ2v) is 6.40. The number of carbonyl (C=O) groups excluding carboxylic acids is 2. The number of ether oxygens (including phenoxy) is 1. The fraction of sp³-hybridized carbons (Fsp3) is 0.312. The van der Waals surface area contributed by atoms with Crippen LogP contribution < -0.4 is 10.5 Å². The van der Waals surface area contributed by atoms with Crippen molar-refractivity contribution in [3.05, 3.63) is 41.6 Å². The Hall–Kier alpha value is -2.48. The van der Waals surface area contributed by atoms with Crippen molar-refractivity contribution in [3.63, 3.8) is 0 Å². The molecule has 0 aliphatic carbocycles. The Labute approximate surface area is 143 Å². The first kappa shape index (κ1) is 17.9. The van der Waals surface area contributed by atoms with Crippen molar-refractivity contribution in [1.82, 2.24) is 4.90 Å². The maximum atomic E-state index is 11.1. The van der Waals surface area contributed by atoms with Gasteiger partial charge in [0.15, 0.2) is 6.61 Å². The zero-order chi connectivity index (χ0) is 17.7. The maximum Gasteiger partial charge on any atom is 0.352 e. The standard InChI is InChI=1S/C8H9NO3S.C8H9NO2/c1-4-3-13-6-2-5(10)9(6)7(4)8(11)12;9-8(10)6-11-7-4-2-1-3-5-7/h6H,2-3H2,1H3,(H,11,12);1-5H,6H2,(H2,9,10)/t6-;/m0./s1. The molecule has 3 rings (SSSR count). The van der Waals surface area contributed by atoms with Crippen LogP contribution in [0.25, 0.3) is 0 Å². The molecule has 1 atom stereocenters. The Morgan fingerprint density at radius 2 is 2.04 bits per heavy atom. The van der Waals surface area contributed by atoms with Crippen LogP contribution in [-0.2, 0) is 14.4 Å². The van der Waals surface area contributed by atoms with Crippen molar-refractivity contribution in [2.75, 3.05) is 12.4 Å².